The van der Waals surface area contributed by atoms with Gasteiger partial charge in [0.1, 0.15) is 5.82 Å². The third kappa shape index (κ3) is 1.33. The van der Waals surface area contributed by atoms with Gasteiger partial charge in [0.15, 0.2) is 5.65 Å². The summed E-state index contributed by atoms with van der Waals surface area (Å²) >= 11 is 0. The molecule has 2 aromatic heterocycles. The van der Waals surface area contributed by atoms with Crippen LogP contribution >= 0.6 is 0 Å². The third-order valence-electron chi connectivity index (χ3n) is 3.04. The van der Waals surface area contributed by atoms with E-state index in [-0.39, 0.29) is 0 Å². The van der Waals surface area contributed by atoms with E-state index in [1.807, 2.05) is 13.0 Å². The summed E-state index contributed by atoms with van der Waals surface area (Å²) in [7, 11) is 0. The summed E-state index contributed by atoms with van der Waals surface area (Å²) in [5, 5.41) is 11.8. The molecule has 1 atom stereocenters. The highest BCUT2D eigenvalue weighted by molar-refractivity contribution is 5.40. The van der Waals surface area contributed by atoms with Crippen molar-refractivity contribution in [3.05, 3.63) is 29.7 Å². The van der Waals surface area contributed by atoms with E-state index in [0.29, 0.717) is 6.04 Å². The number of pyridine rings is 1. The second-order valence-electron chi connectivity index (χ2n) is 4.04. The van der Waals surface area contributed by atoms with Gasteiger partial charge in [-0.25, -0.2) is 0 Å². The third-order valence-corrected chi connectivity index (χ3v) is 3.04. The summed E-state index contributed by atoms with van der Waals surface area (Å²) in [6.45, 7) is 3.11. The van der Waals surface area contributed by atoms with E-state index in [2.05, 4.69) is 32.0 Å². The van der Waals surface area contributed by atoms with Crippen molar-refractivity contribution in [2.75, 3.05) is 6.54 Å². The van der Waals surface area contributed by atoms with Gasteiger partial charge in [-0.05, 0) is 38.4 Å². The number of nitrogens with one attached hydrogen (secondary N) is 1. The highest BCUT2D eigenvalue weighted by atomic mass is 15.3. The van der Waals surface area contributed by atoms with Crippen LogP contribution in [-0.2, 0) is 0 Å². The maximum Gasteiger partial charge on any atom is 0.161 e. The molecule has 3 heterocycles. The molecule has 0 bridgehead atoms. The van der Waals surface area contributed by atoms with Crippen molar-refractivity contribution in [1.29, 1.82) is 0 Å². The van der Waals surface area contributed by atoms with Gasteiger partial charge >= 0.3 is 0 Å². The minimum absolute atomic E-state index is 0.461. The van der Waals surface area contributed by atoms with Crippen molar-refractivity contribution < 1.29 is 0 Å². The molecule has 0 aliphatic carbocycles. The SMILES string of the molecule is Cc1nnc2cccc(C3CCCN3)n12. The summed E-state index contributed by atoms with van der Waals surface area (Å²) in [6.07, 6.45) is 2.46. The Kier molecular flexibility index (Phi) is 1.95. The summed E-state index contributed by atoms with van der Waals surface area (Å²) < 4.78 is 2.14. The average Bonchev–Trinajstić information content (AvgIpc) is 2.88. The second kappa shape index (κ2) is 3.31. The van der Waals surface area contributed by atoms with Crippen molar-refractivity contribution >= 4 is 5.65 Å². The normalized spacial score (nSPS) is 21.3. The van der Waals surface area contributed by atoms with Gasteiger partial charge < -0.3 is 5.32 Å². The zero-order valence-electron chi connectivity index (χ0n) is 8.77. The molecular formula is C11H14N4. The second-order valence-corrected chi connectivity index (χ2v) is 4.04. The average molecular weight is 202 g/mol. The van der Waals surface area contributed by atoms with Crippen molar-refractivity contribution in [2.24, 2.45) is 0 Å². The van der Waals surface area contributed by atoms with Gasteiger partial charge in [-0.3, -0.25) is 4.40 Å². The zero-order chi connectivity index (χ0) is 10.3. The van der Waals surface area contributed by atoms with E-state index >= 15 is 0 Å². The number of rotatable bonds is 1. The van der Waals surface area contributed by atoms with Gasteiger partial charge in [-0.1, -0.05) is 6.07 Å². The number of aryl methyl sites for hydroxylation is 1. The van der Waals surface area contributed by atoms with Gasteiger partial charge in [0.05, 0.1) is 0 Å². The van der Waals surface area contributed by atoms with Crippen LogP contribution in [0.25, 0.3) is 5.65 Å². The van der Waals surface area contributed by atoms with Crippen LogP contribution in [0.4, 0.5) is 0 Å². The van der Waals surface area contributed by atoms with Crippen LogP contribution in [0, 0.1) is 6.92 Å². The van der Waals surface area contributed by atoms with Crippen molar-refractivity contribution in [3.63, 3.8) is 0 Å². The smallest absolute Gasteiger partial charge is 0.161 e. The highest BCUT2D eigenvalue weighted by Gasteiger charge is 2.19. The summed E-state index contributed by atoms with van der Waals surface area (Å²) in [5.74, 6) is 0.967. The van der Waals surface area contributed by atoms with Gasteiger partial charge in [-0.15, -0.1) is 10.2 Å². The molecular weight excluding hydrogens is 188 g/mol. The molecule has 4 nitrogen and oxygen atoms in total. The Hall–Kier alpha value is -1.42. The molecule has 0 amide bonds. The van der Waals surface area contributed by atoms with Crippen LogP contribution in [0.2, 0.25) is 0 Å². The Balaban J connectivity index is 2.19. The fourth-order valence-electron chi connectivity index (χ4n) is 2.32. The summed E-state index contributed by atoms with van der Waals surface area (Å²) in [4.78, 5) is 0. The van der Waals surface area contributed by atoms with Crippen LogP contribution in [0.3, 0.4) is 0 Å². The molecule has 4 heteroatoms. The Morgan fingerprint density at radius 1 is 1.40 bits per heavy atom. The minimum atomic E-state index is 0.461. The monoisotopic (exact) mass is 202 g/mol. The molecule has 2 aromatic rings. The van der Waals surface area contributed by atoms with Gasteiger partial charge in [0.25, 0.3) is 0 Å². The van der Waals surface area contributed by atoms with Crippen LogP contribution in [0.5, 0.6) is 0 Å². The predicted octanol–water partition coefficient (Wildman–Crippen LogP) is 1.46. The molecule has 1 saturated heterocycles. The van der Waals surface area contributed by atoms with E-state index in [1.54, 1.807) is 0 Å². The predicted molar refractivity (Wildman–Crippen MR) is 57.7 cm³/mol. The molecule has 1 aliphatic heterocycles. The van der Waals surface area contributed by atoms with Crippen LogP contribution < -0.4 is 5.32 Å². The lowest BCUT2D eigenvalue weighted by Gasteiger charge is -2.13. The largest absolute Gasteiger partial charge is 0.309 e. The van der Waals surface area contributed by atoms with Gasteiger partial charge in [0.2, 0.25) is 0 Å². The first kappa shape index (κ1) is 8.85. The molecule has 0 saturated carbocycles. The van der Waals surface area contributed by atoms with Crippen LogP contribution in [0.1, 0.15) is 30.4 Å². The van der Waals surface area contributed by atoms with E-state index < -0.39 is 0 Å². The highest BCUT2D eigenvalue weighted by Crippen LogP contribution is 2.23. The maximum absolute atomic E-state index is 4.14. The molecule has 1 N–H and O–H groups in total. The van der Waals surface area contributed by atoms with E-state index in [0.717, 1.165) is 18.0 Å². The van der Waals surface area contributed by atoms with Crippen LogP contribution in [0.15, 0.2) is 18.2 Å². The maximum atomic E-state index is 4.14. The van der Waals surface area contributed by atoms with Crippen LogP contribution in [-0.4, -0.2) is 21.1 Å². The first-order valence-electron chi connectivity index (χ1n) is 5.40. The Morgan fingerprint density at radius 2 is 2.33 bits per heavy atom. The lowest BCUT2D eigenvalue weighted by atomic mass is 10.1. The molecule has 78 valence electrons. The molecule has 0 radical (unpaired) electrons. The molecule has 1 unspecified atom stereocenters. The number of hydrogen-bond donors (Lipinski definition) is 1. The lowest BCUT2D eigenvalue weighted by molar-refractivity contribution is 0.616. The lowest BCUT2D eigenvalue weighted by Crippen LogP contribution is -2.16. The summed E-state index contributed by atoms with van der Waals surface area (Å²) in [6, 6.07) is 6.67. The molecule has 0 spiro atoms. The Morgan fingerprint density at radius 3 is 3.13 bits per heavy atom. The molecule has 3 rings (SSSR count). The Labute approximate surface area is 88.3 Å². The number of hydrogen-bond acceptors (Lipinski definition) is 3. The Bertz CT molecular complexity index is 482. The van der Waals surface area contributed by atoms with Crippen molar-refractivity contribution in [2.45, 2.75) is 25.8 Å². The minimum Gasteiger partial charge on any atom is -0.309 e. The molecule has 15 heavy (non-hydrogen) atoms. The van der Waals surface area contributed by atoms with Crippen molar-refractivity contribution in [1.82, 2.24) is 19.9 Å². The zero-order valence-corrected chi connectivity index (χ0v) is 8.77. The van der Waals surface area contributed by atoms with Crippen molar-refractivity contribution in [3.8, 4) is 0 Å². The number of fused-ring (bicyclic) bond motifs is 1. The quantitative estimate of drug-likeness (QED) is 0.761. The first-order valence-corrected chi connectivity index (χ1v) is 5.40. The number of nitrogens with zero attached hydrogens (tertiary/aromatic N) is 3. The molecule has 1 fully saturated rings. The summed E-state index contributed by atoms with van der Waals surface area (Å²) in [5.41, 5.74) is 2.23. The molecule has 1 aliphatic rings. The van der Waals surface area contributed by atoms with Gasteiger partial charge in [0, 0.05) is 11.7 Å². The first-order chi connectivity index (χ1) is 7.36. The van der Waals surface area contributed by atoms with E-state index in [9.17, 15) is 0 Å². The standard InChI is InChI=1S/C11H14N4/c1-8-13-14-11-6-2-5-10(15(8)11)9-4-3-7-12-9/h2,5-6,9,12H,3-4,7H2,1H3. The topological polar surface area (TPSA) is 42.2 Å². The fraction of sp³-hybridized carbons (Fsp3) is 0.455. The molecule has 0 aromatic carbocycles. The van der Waals surface area contributed by atoms with E-state index in [4.69, 9.17) is 0 Å². The van der Waals surface area contributed by atoms with E-state index in [1.165, 1.54) is 18.5 Å². The fourth-order valence-corrected chi connectivity index (χ4v) is 2.32. The van der Waals surface area contributed by atoms with Gasteiger partial charge in [-0.2, -0.15) is 0 Å². The number of aromatic nitrogens is 3.